The number of nitrogens with one attached hydrogen (secondary N) is 4. The van der Waals surface area contributed by atoms with Crippen molar-refractivity contribution < 1.29 is 81.3 Å². The molecule has 0 aliphatic carbocycles. The zero-order valence-corrected chi connectivity index (χ0v) is 48.7. The molecule has 27 heteroatoms. The number of hydrogen-bond donors (Lipinski definition) is 6. The van der Waals surface area contributed by atoms with Crippen LogP contribution in [-0.2, 0) is 60.8 Å². The SMILES string of the molecule is COc1cccc2oc(C(=O)[C@H](CC(=O)O)NC(=O)[C@@H]3CCCN4C(=O)CC[C@H](NC(=O)CCc5ccccc5)C(=O)N34)nc12.Cc1cccc2nc(C(=O)[C@H](CC(=O)O)NC(=O)[C@@H]3CCCN4C(=O)CC[C@H](NC(=O)CCc5ccccc5)C(=O)N34)oc12. The molecular formula is C62H66N10O17. The summed E-state index contributed by atoms with van der Waals surface area (Å²) in [5, 5.41) is 33.9. The van der Waals surface area contributed by atoms with Gasteiger partial charge in [-0.1, -0.05) is 78.9 Å². The maximum atomic E-state index is 13.8. The van der Waals surface area contributed by atoms with Crippen LogP contribution >= 0.6 is 0 Å². The van der Waals surface area contributed by atoms with Gasteiger partial charge in [-0.2, -0.15) is 0 Å². The molecule has 27 nitrogen and oxygen atoms in total. The molecule has 4 fully saturated rings. The number of aryl methyl sites for hydroxylation is 3. The summed E-state index contributed by atoms with van der Waals surface area (Å²) in [6, 6.07) is 21.0. The van der Waals surface area contributed by atoms with Gasteiger partial charge in [-0.3, -0.25) is 67.6 Å². The van der Waals surface area contributed by atoms with Crippen LogP contribution in [0.3, 0.4) is 0 Å². The van der Waals surface area contributed by atoms with Crippen molar-refractivity contribution in [2.24, 2.45) is 0 Å². The fourth-order valence-corrected chi connectivity index (χ4v) is 11.1. The van der Waals surface area contributed by atoms with Gasteiger partial charge in [-0.05, 0) is 93.2 Å². The molecular weight excluding hydrogens is 1160 g/mol. The molecule has 4 aliphatic heterocycles. The van der Waals surface area contributed by atoms with Crippen LogP contribution in [0.15, 0.2) is 106 Å². The standard InChI is InChI=1S/C31H33N5O9.C31H33N5O8/c1-44-22-10-5-11-23-27(22)34-30(45-23)28(41)20(17-26(39)40)33-29(42)21-9-6-16-35-25(38)15-13-19(31(43)36(21)35)32-24(37)14-12-18-7-3-2-4-8-18;1-18-7-5-10-20-28(18)44-30(34-20)27(41)22(17-26(39)40)33-29(42)23-11-6-16-35-25(38)15-13-21(31(43)36(23)35)32-24(37)14-12-19-8-3-2-4-9-19/h2-5,7-8,10-11,19-21H,6,9,12-17H2,1H3,(H,32,37)(H,33,42)(H,39,40);2-5,7-10,21-23H,6,11-17H2,1H3,(H,32,37)(H,33,42)(H,39,40)/t19-,20-,21-;21-,22-,23-/m00/s1. The second kappa shape index (κ2) is 28.4. The number of fused-ring (bicyclic) bond motifs is 4. The molecule has 89 heavy (non-hydrogen) atoms. The summed E-state index contributed by atoms with van der Waals surface area (Å²) in [6.07, 6.45) is 0.772. The van der Waals surface area contributed by atoms with Crippen LogP contribution in [0.2, 0.25) is 0 Å². The highest BCUT2D eigenvalue weighted by Crippen LogP contribution is 2.30. The summed E-state index contributed by atoms with van der Waals surface area (Å²) in [7, 11) is 1.42. The molecule has 6 N–H and O–H groups in total. The quantitative estimate of drug-likeness (QED) is 0.0561. The number of benzene rings is 4. The first-order valence-electron chi connectivity index (χ1n) is 29.1. The van der Waals surface area contributed by atoms with E-state index in [1.165, 1.54) is 17.1 Å². The van der Waals surface area contributed by atoms with Crippen LogP contribution in [0.5, 0.6) is 5.75 Å². The first-order chi connectivity index (χ1) is 42.8. The lowest BCUT2D eigenvalue weighted by Gasteiger charge is -2.43. The molecule has 0 bridgehead atoms. The Morgan fingerprint density at radius 2 is 1.07 bits per heavy atom. The van der Waals surface area contributed by atoms with Crippen molar-refractivity contribution in [3.63, 3.8) is 0 Å². The topological polar surface area (TPSA) is 368 Å². The summed E-state index contributed by atoms with van der Waals surface area (Å²) < 4.78 is 16.4. The predicted molar refractivity (Wildman–Crippen MR) is 311 cm³/mol. The highest BCUT2D eigenvalue weighted by molar-refractivity contribution is 6.05. The highest BCUT2D eigenvalue weighted by Gasteiger charge is 2.47. The molecule has 10 rings (SSSR count). The Hall–Kier alpha value is -10.3. The Bertz CT molecular complexity index is 3700. The minimum atomic E-state index is -1.59. The average Bonchev–Trinajstić information content (AvgIpc) is 2.49. The fraction of sp³-hybridized carbons (Fsp3) is 0.387. The lowest BCUT2D eigenvalue weighted by Crippen LogP contribution is -2.64. The van der Waals surface area contributed by atoms with Crippen LogP contribution in [0.4, 0.5) is 0 Å². The molecule has 0 radical (unpaired) electrons. The minimum Gasteiger partial charge on any atom is -0.494 e. The molecule has 4 aromatic carbocycles. The number of carboxylic acid groups (broad SMARTS) is 2. The molecule has 6 atom stereocenters. The monoisotopic (exact) mass is 1220 g/mol. The molecule has 0 unspecified atom stereocenters. The number of carbonyl (C=O) groups is 12. The lowest BCUT2D eigenvalue weighted by molar-refractivity contribution is -0.176. The highest BCUT2D eigenvalue weighted by atomic mass is 16.5. The van der Waals surface area contributed by atoms with Crippen molar-refractivity contribution in [3.05, 3.63) is 126 Å². The number of nitrogens with zero attached hydrogens (tertiary/aromatic N) is 6. The number of carbonyl (C=O) groups excluding carboxylic acids is 10. The van der Waals surface area contributed by atoms with Gasteiger partial charge in [0, 0.05) is 38.8 Å². The largest absolute Gasteiger partial charge is 0.494 e. The maximum absolute atomic E-state index is 13.8. The molecule has 0 spiro atoms. The number of para-hydroxylation sites is 2. The number of Topliss-reactive ketones (excluding diaryl/α,β-unsaturated/α-hetero) is 2. The van der Waals surface area contributed by atoms with Crippen molar-refractivity contribution in [2.75, 3.05) is 20.2 Å². The van der Waals surface area contributed by atoms with Crippen LogP contribution in [0, 0.1) is 6.92 Å². The third-order valence-corrected chi connectivity index (χ3v) is 15.6. The number of aliphatic carboxylic acids is 2. The second-order valence-corrected chi connectivity index (χ2v) is 21.8. The van der Waals surface area contributed by atoms with E-state index in [9.17, 15) is 67.7 Å². The number of carboxylic acids is 2. The zero-order chi connectivity index (χ0) is 63.5. The van der Waals surface area contributed by atoms with E-state index in [4.69, 9.17) is 13.6 Å². The molecule has 6 heterocycles. The number of aromatic nitrogens is 2. The van der Waals surface area contributed by atoms with Crippen LogP contribution in [0.25, 0.3) is 22.2 Å². The third-order valence-electron chi connectivity index (χ3n) is 15.6. The van der Waals surface area contributed by atoms with E-state index in [1.807, 2.05) is 60.7 Å². The Morgan fingerprint density at radius 1 is 0.596 bits per heavy atom. The summed E-state index contributed by atoms with van der Waals surface area (Å²) >= 11 is 0. The van der Waals surface area contributed by atoms with E-state index < -0.39 is 102 Å². The number of rotatable bonds is 21. The number of methoxy groups -OCH3 is 1. The van der Waals surface area contributed by atoms with Gasteiger partial charge in [-0.25, -0.2) is 20.0 Å². The number of hydrazine groups is 2. The van der Waals surface area contributed by atoms with E-state index in [1.54, 1.807) is 43.3 Å². The van der Waals surface area contributed by atoms with Gasteiger partial charge in [0.25, 0.3) is 23.6 Å². The van der Waals surface area contributed by atoms with E-state index in [-0.39, 0.29) is 105 Å². The van der Waals surface area contributed by atoms with Crippen molar-refractivity contribution in [2.45, 2.75) is 133 Å². The molecule has 8 amide bonds. The molecule has 0 saturated carbocycles. The van der Waals surface area contributed by atoms with E-state index in [2.05, 4.69) is 31.2 Å². The molecule has 4 saturated heterocycles. The van der Waals surface area contributed by atoms with Gasteiger partial charge in [-0.15, -0.1) is 0 Å². The third kappa shape index (κ3) is 15.1. The average molecular weight is 1220 g/mol. The summed E-state index contributed by atoms with van der Waals surface area (Å²) in [5.74, 6) is -9.30. The Labute approximate surface area is 508 Å². The minimum absolute atomic E-state index is 0.0164. The van der Waals surface area contributed by atoms with Gasteiger partial charge in [0.15, 0.2) is 16.7 Å². The van der Waals surface area contributed by atoms with E-state index in [0.29, 0.717) is 42.5 Å². The normalized spacial score (nSPS) is 19.1. The van der Waals surface area contributed by atoms with Gasteiger partial charge in [0.05, 0.1) is 20.0 Å². The number of ether oxygens (including phenoxy) is 1. The van der Waals surface area contributed by atoms with Gasteiger partial charge >= 0.3 is 11.9 Å². The van der Waals surface area contributed by atoms with Crippen LogP contribution < -0.4 is 26.0 Å². The molecule has 2 aromatic heterocycles. The predicted octanol–water partition coefficient (Wildman–Crippen LogP) is 3.55. The van der Waals surface area contributed by atoms with Crippen molar-refractivity contribution in [1.82, 2.24) is 51.3 Å². The smallest absolute Gasteiger partial charge is 0.305 e. The van der Waals surface area contributed by atoms with Crippen molar-refractivity contribution >= 4 is 93.0 Å². The summed E-state index contributed by atoms with van der Waals surface area (Å²) in [5.41, 5.74) is 3.88. The van der Waals surface area contributed by atoms with Crippen LogP contribution in [-0.4, -0.2) is 167 Å². The Balaban J connectivity index is 0.000000211. The number of ketones is 2. The van der Waals surface area contributed by atoms with Crippen LogP contribution in [0.1, 0.15) is 115 Å². The van der Waals surface area contributed by atoms with E-state index >= 15 is 0 Å². The van der Waals surface area contributed by atoms with Gasteiger partial charge in [0.1, 0.15) is 47.5 Å². The summed E-state index contributed by atoms with van der Waals surface area (Å²) in [6.45, 7) is 2.15. The summed E-state index contributed by atoms with van der Waals surface area (Å²) in [4.78, 5) is 165. The maximum Gasteiger partial charge on any atom is 0.305 e. The van der Waals surface area contributed by atoms with Gasteiger partial charge in [0.2, 0.25) is 47.0 Å². The lowest BCUT2D eigenvalue weighted by atomic mass is 10.0. The molecule has 4 aliphatic rings. The number of amides is 8. The first-order valence-corrected chi connectivity index (χ1v) is 29.1. The molecule has 6 aromatic rings. The molecule has 466 valence electrons. The number of oxazole rings is 2. The Kier molecular flexibility index (Phi) is 20.2. The first kappa shape index (κ1) is 63.2. The Morgan fingerprint density at radius 3 is 1.53 bits per heavy atom. The fourth-order valence-electron chi connectivity index (χ4n) is 11.1. The van der Waals surface area contributed by atoms with E-state index in [0.717, 1.165) is 26.7 Å². The van der Waals surface area contributed by atoms with Crippen molar-refractivity contribution in [3.8, 4) is 5.75 Å². The number of hydrogen-bond acceptors (Lipinski definition) is 17. The zero-order valence-electron chi connectivity index (χ0n) is 48.7. The van der Waals surface area contributed by atoms with Gasteiger partial charge < -0.3 is 45.1 Å². The van der Waals surface area contributed by atoms with Crippen molar-refractivity contribution in [1.29, 1.82) is 0 Å². The second-order valence-electron chi connectivity index (χ2n) is 21.8.